The van der Waals surface area contributed by atoms with Gasteiger partial charge in [-0.2, -0.15) is 0 Å². The van der Waals surface area contributed by atoms with Crippen molar-refractivity contribution >= 4 is 23.4 Å². The largest absolute Gasteiger partial charge is 0.497 e. The van der Waals surface area contributed by atoms with E-state index in [-0.39, 0.29) is 24.3 Å². The number of hydrogen-bond acceptors (Lipinski definition) is 5. The molecule has 1 aromatic heterocycles. The van der Waals surface area contributed by atoms with E-state index in [0.29, 0.717) is 43.4 Å². The zero-order valence-electron chi connectivity index (χ0n) is 16.0. The molecular formula is C20H23N3O5. The maximum Gasteiger partial charge on any atom is 0.289 e. The van der Waals surface area contributed by atoms with Gasteiger partial charge in [0.05, 0.1) is 13.4 Å². The van der Waals surface area contributed by atoms with Crippen LogP contribution in [0.1, 0.15) is 17.5 Å². The van der Waals surface area contributed by atoms with Crippen molar-refractivity contribution in [2.75, 3.05) is 44.7 Å². The van der Waals surface area contributed by atoms with Crippen molar-refractivity contribution in [2.45, 2.75) is 6.92 Å². The van der Waals surface area contributed by atoms with Gasteiger partial charge in [-0.05, 0) is 36.4 Å². The number of carbonyl (C=O) groups is 3. The van der Waals surface area contributed by atoms with Gasteiger partial charge in [-0.25, -0.2) is 0 Å². The second kappa shape index (κ2) is 8.60. The molecule has 0 unspecified atom stereocenters. The topological polar surface area (TPSA) is 83.3 Å². The third-order valence-corrected chi connectivity index (χ3v) is 4.71. The Labute approximate surface area is 163 Å². The normalized spacial score (nSPS) is 13.9. The Bertz CT molecular complexity index is 824. The minimum absolute atomic E-state index is 0.0478. The van der Waals surface area contributed by atoms with Gasteiger partial charge in [0.15, 0.2) is 5.76 Å². The van der Waals surface area contributed by atoms with Crippen LogP contribution in [0, 0.1) is 0 Å². The van der Waals surface area contributed by atoms with Gasteiger partial charge in [-0.15, -0.1) is 0 Å². The summed E-state index contributed by atoms with van der Waals surface area (Å²) in [5.74, 6) is 0.417. The second-order valence-corrected chi connectivity index (χ2v) is 6.45. The van der Waals surface area contributed by atoms with Gasteiger partial charge >= 0.3 is 0 Å². The van der Waals surface area contributed by atoms with E-state index in [9.17, 15) is 14.4 Å². The number of hydrogen-bond donors (Lipinski definition) is 0. The summed E-state index contributed by atoms with van der Waals surface area (Å²) in [6.45, 7) is 3.06. The number of methoxy groups -OCH3 is 1. The van der Waals surface area contributed by atoms with Crippen molar-refractivity contribution in [3.05, 3.63) is 48.4 Å². The van der Waals surface area contributed by atoms with E-state index in [4.69, 9.17) is 9.15 Å². The Kier molecular flexibility index (Phi) is 5.98. The number of carbonyl (C=O) groups excluding carboxylic acids is 3. The summed E-state index contributed by atoms with van der Waals surface area (Å²) in [7, 11) is 1.57. The Hall–Kier alpha value is -3.29. The smallest absolute Gasteiger partial charge is 0.289 e. The predicted octanol–water partition coefficient (Wildman–Crippen LogP) is 1.63. The van der Waals surface area contributed by atoms with Gasteiger partial charge < -0.3 is 23.9 Å². The van der Waals surface area contributed by atoms with E-state index in [1.165, 1.54) is 18.1 Å². The Morgan fingerprint density at radius 3 is 2.21 bits per heavy atom. The summed E-state index contributed by atoms with van der Waals surface area (Å²) < 4.78 is 10.3. The number of anilines is 1. The van der Waals surface area contributed by atoms with Crippen molar-refractivity contribution in [2.24, 2.45) is 0 Å². The van der Waals surface area contributed by atoms with Gasteiger partial charge in [0.25, 0.3) is 5.91 Å². The molecular weight excluding hydrogens is 362 g/mol. The third kappa shape index (κ3) is 4.33. The Morgan fingerprint density at radius 2 is 1.68 bits per heavy atom. The molecule has 8 heteroatoms. The van der Waals surface area contributed by atoms with Crippen LogP contribution >= 0.6 is 0 Å². The molecule has 28 heavy (non-hydrogen) atoms. The highest BCUT2D eigenvalue weighted by molar-refractivity contribution is 5.97. The third-order valence-electron chi connectivity index (χ3n) is 4.71. The van der Waals surface area contributed by atoms with Crippen LogP contribution in [0.15, 0.2) is 47.1 Å². The first kappa shape index (κ1) is 19.5. The number of piperazine rings is 1. The zero-order chi connectivity index (χ0) is 20.1. The molecule has 0 spiro atoms. The fraction of sp³-hybridized carbons (Fsp3) is 0.350. The lowest BCUT2D eigenvalue weighted by atomic mass is 10.2. The highest BCUT2D eigenvalue weighted by Gasteiger charge is 2.27. The molecule has 0 atom stereocenters. The van der Waals surface area contributed by atoms with Gasteiger partial charge in [-0.3, -0.25) is 14.4 Å². The maximum absolute atomic E-state index is 12.7. The standard InChI is InChI=1S/C20H23N3O5/c1-15(24)23(16-5-7-17(27-2)8-6-16)14-19(25)21-9-11-22(12-10-21)20(26)18-4-3-13-28-18/h3-8,13H,9-12,14H2,1-2H3. The van der Waals surface area contributed by atoms with E-state index < -0.39 is 0 Å². The van der Waals surface area contributed by atoms with Gasteiger partial charge in [0.2, 0.25) is 11.8 Å². The van der Waals surface area contributed by atoms with E-state index in [1.807, 2.05) is 0 Å². The SMILES string of the molecule is COc1ccc(N(CC(=O)N2CCN(C(=O)c3ccco3)CC2)C(C)=O)cc1. The van der Waals surface area contributed by atoms with Crippen molar-refractivity contribution in [1.82, 2.24) is 9.80 Å². The van der Waals surface area contributed by atoms with Crippen molar-refractivity contribution < 1.29 is 23.5 Å². The molecule has 0 bridgehead atoms. The molecule has 2 aromatic rings. The highest BCUT2D eigenvalue weighted by Crippen LogP contribution is 2.20. The molecule has 8 nitrogen and oxygen atoms in total. The number of nitrogens with zero attached hydrogens (tertiary/aromatic N) is 3. The van der Waals surface area contributed by atoms with Crippen molar-refractivity contribution in [3.8, 4) is 5.75 Å². The lowest BCUT2D eigenvalue weighted by Gasteiger charge is -2.35. The fourth-order valence-electron chi connectivity index (χ4n) is 3.10. The summed E-state index contributed by atoms with van der Waals surface area (Å²) >= 11 is 0. The fourth-order valence-corrected chi connectivity index (χ4v) is 3.10. The summed E-state index contributed by atoms with van der Waals surface area (Å²) in [6.07, 6.45) is 1.46. The molecule has 0 aliphatic carbocycles. The molecule has 0 radical (unpaired) electrons. The molecule has 1 aliphatic rings. The molecule has 0 N–H and O–H groups in total. The van der Waals surface area contributed by atoms with Crippen LogP contribution < -0.4 is 9.64 Å². The molecule has 0 saturated carbocycles. The lowest BCUT2D eigenvalue weighted by Crippen LogP contribution is -2.53. The van der Waals surface area contributed by atoms with Crippen LogP contribution in [0.4, 0.5) is 5.69 Å². The predicted molar refractivity (Wildman–Crippen MR) is 102 cm³/mol. The van der Waals surface area contributed by atoms with E-state index in [2.05, 4.69) is 0 Å². The molecule has 1 aromatic carbocycles. The average molecular weight is 385 g/mol. The van der Waals surface area contributed by atoms with Crippen LogP contribution in [0.3, 0.4) is 0 Å². The molecule has 2 heterocycles. The van der Waals surface area contributed by atoms with E-state index in [1.54, 1.807) is 53.3 Å². The first-order chi connectivity index (χ1) is 13.5. The Balaban J connectivity index is 1.59. The minimum atomic E-state index is -0.217. The zero-order valence-corrected chi connectivity index (χ0v) is 16.0. The number of ether oxygens (including phenoxy) is 1. The second-order valence-electron chi connectivity index (χ2n) is 6.45. The number of furan rings is 1. The first-order valence-electron chi connectivity index (χ1n) is 9.02. The van der Waals surface area contributed by atoms with Gasteiger partial charge in [-0.1, -0.05) is 0 Å². The molecule has 148 valence electrons. The molecule has 1 fully saturated rings. The first-order valence-corrected chi connectivity index (χ1v) is 9.02. The number of amides is 3. The minimum Gasteiger partial charge on any atom is -0.497 e. The summed E-state index contributed by atoms with van der Waals surface area (Å²) in [6, 6.07) is 10.3. The average Bonchev–Trinajstić information content (AvgIpc) is 3.26. The van der Waals surface area contributed by atoms with E-state index in [0.717, 1.165) is 0 Å². The monoisotopic (exact) mass is 385 g/mol. The molecule has 3 rings (SSSR count). The molecule has 3 amide bonds. The van der Waals surface area contributed by atoms with Gasteiger partial charge in [0.1, 0.15) is 12.3 Å². The summed E-state index contributed by atoms with van der Waals surface area (Å²) in [5.41, 5.74) is 0.633. The number of benzene rings is 1. The van der Waals surface area contributed by atoms with Crippen LogP contribution in [0.5, 0.6) is 5.75 Å². The van der Waals surface area contributed by atoms with Crippen LogP contribution in [0.25, 0.3) is 0 Å². The summed E-state index contributed by atoms with van der Waals surface area (Å²) in [4.78, 5) is 41.8. The molecule has 1 saturated heterocycles. The van der Waals surface area contributed by atoms with Crippen molar-refractivity contribution in [1.29, 1.82) is 0 Å². The van der Waals surface area contributed by atoms with Crippen LogP contribution in [-0.4, -0.2) is 67.4 Å². The van der Waals surface area contributed by atoms with Crippen LogP contribution in [-0.2, 0) is 9.59 Å². The Morgan fingerprint density at radius 1 is 1.04 bits per heavy atom. The van der Waals surface area contributed by atoms with Crippen LogP contribution in [0.2, 0.25) is 0 Å². The van der Waals surface area contributed by atoms with Crippen molar-refractivity contribution in [3.63, 3.8) is 0 Å². The highest BCUT2D eigenvalue weighted by atomic mass is 16.5. The quantitative estimate of drug-likeness (QED) is 0.781. The van der Waals surface area contributed by atoms with E-state index >= 15 is 0 Å². The lowest BCUT2D eigenvalue weighted by molar-refractivity contribution is -0.132. The van der Waals surface area contributed by atoms with Gasteiger partial charge in [0, 0.05) is 38.8 Å². The molecule has 1 aliphatic heterocycles. The maximum atomic E-state index is 12.7. The number of rotatable bonds is 5. The summed E-state index contributed by atoms with van der Waals surface area (Å²) in [5, 5.41) is 0.